The number of nitrogens with zero attached hydrogens (tertiary/aromatic N) is 4. The van der Waals surface area contributed by atoms with Crippen LogP contribution in [0.15, 0.2) is 6.07 Å². The summed E-state index contributed by atoms with van der Waals surface area (Å²) in [5.74, 6) is 1.99. The van der Waals surface area contributed by atoms with E-state index in [4.69, 9.17) is 9.97 Å². The van der Waals surface area contributed by atoms with Gasteiger partial charge in [-0.15, -0.1) is 0 Å². The first-order valence-corrected chi connectivity index (χ1v) is 10.5. The number of rotatable bonds is 7. The first kappa shape index (κ1) is 20.1. The van der Waals surface area contributed by atoms with Crippen LogP contribution in [-0.4, -0.2) is 62.2 Å². The molecule has 1 saturated heterocycles. The molecule has 0 radical (unpaired) electrons. The molecule has 142 valence electrons. The second-order valence-corrected chi connectivity index (χ2v) is 9.47. The number of sulfonamides is 1. The molecular weight excluding hydrogens is 338 g/mol. The molecule has 0 aliphatic carbocycles. The predicted octanol–water partition coefficient (Wildman–Crippen LogP) is 1.57. The van der Waals surface area contributed by atoms with Gasteiger partial charge in [-0.05, 0) is 39.3 Å². The maximum Gasteiger partial charge on any atom is 0.216 e. The van der Waals surface area contributed by atoms with E-state index >= 15 is 0 Å². The molecule has 1 aliphatic rings. The fraction of sp³-hybridized carbons (Fsp3) is 0.765. The van der Waals surface area contributed by atoms with Crippen molar-refractivity contribution < 1.29 is 8.42 Å². The summed E-state index contributed by atoms with van der Waals surface area (Å²) in [7, 11) is 2.20. The lowest BCUT2D eigenvalue weighted by Crippen LogP contribution is -2.34. The molecule has 0 bridgehead atoms. The number of hydrogen-bond acceptors (Lipinski definition) is 6. The molecule has 0 aromatic carbocycles. The molecule has 0 amide bonds. The van der Waals surface area contributed by atoms with Crippen LogP contribution in [0.3, 0.4) is 0 Å². The third-order valence-corrected chi connectivity index (χ3v) is 7.20. The Hall–Kier alpha value is -1.25. The summed E-state index contributed by atoms with van der Waals surface area (Å²) in [6.45, 7) is 5.85. The Labute approximate surface area is 151 Å². The molecule has 1 atom stereocenters. The van der Waals surface area contributed by atoms with Gasteiger partial charge in [-0.1, -0.05) is 6.92 Å². The van der Waals surface area contributed by atoms with Crippen molar-refractivity contribution in [3.05, 3.63) is 17.6 Å². The Morgan fingerprint density at radius 3 is 2.44 bits per heavy atom. The number of hydrogen-bond donors (Lipinski definition) is 1. The molecule has 2 rings (SSSR count). The van der Waals surface area contributed by atoms with E-state index in [-0.39, 0.29) is 6.54 Å². The van der Waals surface area contributed by atoms with E-state index in [0.29, 0.717) is 12.3 Å². The van der Waals surface area contributed by atoms with Crippen LogP contribution in [0.1, 0.15) is 50.5 Å². The Bertz CT molecular complexity index is 672. The normalized spacial score (nSPS) is 17.7. The molecule has 7 nitrogen and oxygen atoms in total. The lowest BCUT2D eigenvalue weighted by molar-refractivity contribution is 0.434. The summed E-state index contributed by atoms with van der Waals surface area (Å²) in [6.07, 6.45) is 2.62. The molecule has 0 spiro atoms. The lowest BCUT2D eigenvalue weighted by Gasteiger charge is -2.25. The monoisotopic (exact) mass is 369 g/mol. The molecule has 8 heteroatoms. The predicted molar refractivity (Wildman–Crippen MR) is 101 cm³/mol. The molecule has 1 aromatic heterocycles. The average Bonchev–Trinajstić information content (AvgIpc) is 2.61. The smallest absolute Gasteiger partial charge is 0.216 e. The standard InChI is InChI=1S/C17H31N5O2S/c1-6-13(2)25(23,24)22(5)12-15-11-16(21(3)4)20-17(19-15)14-7-9-18-10-8-14/h11,13-14,18H,6-10,12H2,1-5H3. The van der Waals surface area contributed by atoms with Gasteiger partial charge in [0, 0.05) is 33.1 Å². The highest BCUT2D eigenvalue weighted by Gasteiger charge is 2.26. The minimum Gasteiger partial charge on any atom is -0.363 e. The minimum atomic E-state index is -3.31. The third-order valence-electron chi connectivity index (χ3n) is 4.85. The van der Waals surface area contributed by atoms with Gasteiger partial charge in [-0.3, -0.25) is 0 Å². The molecule has 1 aliphatic heterocycles. The van der Waals surface area contributed by atoms with Crippen LogP contribution in [0.5, 0.6) is 0 Å². The molecule has 1 N–H and O–H groups in total. The fourth-order valence-corrected chi connectivity index (χ4v) is 4.26. The van der Waals surface area contributed by atoms with Crippen molar-refractivity contribution in [3.63, 3.8) is 0 Å². The summed E-state index contributed by atoms with van der Waals surface area (Å²) in [4.78, 5) is 11.3. The van der Waals surface area contributed by atoms with Crippen molar-refractivity contribution in [2.75, 3.05) is 39.1 Å². The van der Waals surface area contributed by atoms with Crippen molar-refractivity contribution in [1.29, 1.82) is 0 Å². The fourth-order valence-electron chi connectivity index (χ4n) is 2.91. The molecule has 2 heterocycles. The van der Waals surface area contributed by atoms with Gasteiger partial charge in [-0.2, -0.15) is 4.31 Å². The van der Waals surface area contributed by atoms with Crippen LogP contribution in [-0.2, 0) is 16.6 Å². The third kappa shape index (κ3) is 4.89. The molecule has 1 fully saturated rings. The Morgan fingerprint density at radius 2 is 1.88 bits per heavy atom. The molecule has 0 saturated carbocycles. The van der Waals surface area contributed by atoms with Crippen molar-refractivity contribution >= 4 is 15.8 Å². The van der Waals surface area contributed by atoms with E-state index in [0.717, 1.165) is 43.3 Å². The van der Waals surface area contributed by atoms with Gasteiger partial charge in [0.05, 0.1) is 17.5 Å². The first-order valence-electron chi connectivity index (χ1n) is 8.96. The van der Waals surface area contributed by atoms with Crippen LogP contribution < -0.4 is 10.2 Å². The van der Waals surface area contributed by atoms with Crippen LogP contribution >= 0.6 is 0 Å². The summed E-state index contributed by atoms with van der Waals surface area (Å²) in [6, 6.07) is 1.88. The topological polar surface area (TPSA) is 78.4 Å². The number of anilines is 1. The van der Waals surface area contributed by atoms with Crippen molar-refractivity contribution in [1.82, 2.24) is 19.6 Å². The SMILES string of the molecule is CCC(C)S(=O)(=O)N(C)Cc1cc(N(C)C)nc(C2CCNCC2)n1. The summed E-state index contributed by atoms with van der Waals surface area (Å²) >= 11 is 0. The van der Waals surface area contributed by atoms with E-state index in [2.05, 4.69) is 5.32 Å². The van der Waals surface area contributed by atoms with Crippen molar-refractivity contribution in [3.8, 4) is 0 Å². The quantitative estimate of drug-likeness (QED) is 0.786. The Balaban J connectivity index is 2.28. The van der Waals surface area contributed by atoms with E-state index < -0.39 is 15.3 Å². The molecule has 25 heavy (non-hydrogen) atoms. The molecular formula is C17H31N5O2S. The number of piperidine rings is 1. The van der Waals surface area contributed by atoms with Gasteiger partial charge >= 0.3 is 0 Å². The first-order chi connectivity index (χ1) is 11.8. The van der Waals surface area contributed by atoms with Gasteiger partial charge < -0.3 is 10.2 Å². The molecule has 1 aromatic rings. The van der Waals surface area contributed by atoms with Crippen LogP contribution in [0.25, 0.3) is 0 Å². The van der Waals surface area contributed by atoms with E-state index in [1.54, 1.807) is 14.0 Å². The summed E-state index contributed by atoms with van der Waals surface area (Å²) in [5.41, 5.74) is 0.751. The lowest BCUT2D eigenvalue weighted by atomic mass is 9.97. The van der Waals surface area contributed by atoms with Crippen molar-refractivity contribution in [2.24, 2.45) is 0 Å². The maximum absolute atomic E-state index is 12.5. The van der Waals surface area contributed by atoms with Crippen molar-refractivity contribution in [2.45, 2.75) is 50.8 Å². The van der Waals surface area contributed by atoms with E-state index in [1.165, 1.54) is 4.31 Å². The minimum absolute atomic E-state index is 0.272. The van der Waals surface area contributed by atoms with Gasteiger partial charge in [0.25, 0.3) is 0 Å². The van der Waals surface area contributed by atoms with Crippen LogP contribution in [0.4, 0.5) is 5.82 Å². The second-order valence-electron chi connectivity index (χ2n) is 7.01. The summed E-state index contributed by atoms with van der Waals surface area (Å²) in [5, 5.41) is 2.96. The van der Waals surface area contributed by atoms with Gasteiger partial charge in [0.15, 0.2) is 0 Å². The highest BCUT2D eigenvalue weighted by molar-refractivity contribution is 7.89. The largest absolute Gasteiger partial charge is 0.363 e. The highest BCUT2D eigenvalue weighted by Crippen LogP contribution is 2.25. The number of aromatic nitrogens is 2. The second kappa shape index (κ2) is 8.42. The molecule has 1 unspecified atom stereocenters. The number of nitrogens with one attached hydrogen (secondary N) is 1. The van der Waals surface area contributed by atoms with Crippen LogP contribution in [0.2, 0.25) is 0 Å². The average molecular weight is 370 g/mol. The maximum atomic E-state index is 12.5. The van der Waals surface area contributed by atoms with Crippen LogP contribution in [0, 0.1) is 0 Å². The van der Waals surface area contributed by atoms with Gasteiger partial charge in [-0.25, -0.2) is 18.4 Å². The van der Waals surface area contributed by atoms with Gasteiger partial charge in [0.1, 0.15) is 11.6 Å². The zero-order chi connectivity index (χ0) is 18.6. The zero-order valence-electron chi connectivity index (χ0n) is 16.0. The van der Waals surface area contributed by atoms with Gasteiger partial charge in [0.2, 0.25) is 10.0 Å². The Morgan fingerprint density at radius 1 is 1.24 bits per heavy atom. The van der Waals surface area contributed by atoms with E-state index in [1.807, 2.05) is 32.0 Å². The highest BCUT2D eigenvalue weighted by atomic mass is 32.2. The van der Waals surface area contributed by atoms with E-state index in [9.17, 15) is 8.42 Å². The Kier molecular flexibility index (Phi) is 6.76. The summed E-state index contributed by atoms with van der Waals surface area (Å²) < 4.78 is 26.5. The zero-order valence-corrected chi connectivity index (χ0v) is 16.8.